The largest absolute Gasteiger partial charge is 0.425 e. The van der Waals surface area contributed by atoms with Gasteiger partial charge in [-0.15, -0.1) is 12.4 Å². The monoisotopic (exact) mass is 398 g/mol. The molecule has 0 amide bonds. The highest BCUT2D eigenvalue weighted by Crippen LogP contribution is 2.39. The number of allylic oxidation sites excluding steroid dienone is 4. The zero-order chi connectivity index (χ0) is 17.8. The van der Waals surface area contributed by atoms with Gasteiger partial charge in [0.15, 0.2) is 0 Å². The summed E-state index contributed by atoms with van der Waals surface area (Å²) in [4.78, 5) is 4.15. The highest BCUT2D eigenvalue weighted by Gasteiger charge is 2.24. The van der Waals surface area contributed by atoms with Crippen molar-refractivity contribution in [3.63, 3.8) is 0 Å². The lowest BCUT2D eigenvalue weighted by atomic mass is 9.84. The van der Waals surface area contributed by atoms with Gasteiger partial charge in [0.05, 0.1) is 17.3 Å². The lowest BCUT2D eigenvalue weighted by molar-refractivity contribution is 0.161. The summed E-state index contributed by atoms with van der Waals surface area (Å²) in [5.41, 5.74) is 8.67. The van der Waals surface area contributed by atoms with Crippen LogP contribution in [0.25, 0.3) is 0 Å². The van der Waals surface area contributed by atoms with E-state index in [2.05, 4.69) is 47.5 Å². The van der Waals surface area contributed by atoms with Crippen molar-refractivity contribution < 1.29 is 9.47 Å². The number of hydrogen-bond acceptors (Lipinski definition) is 5. The van der Waals surface area contributed by atoms with E-state index in [9.17, 15) is 0 Å². The van der Waals surface area contributed by atoms with Crippen LogP contribution in [-0.4, -0.2) is 4.98 Å². The molecule has 1 unspecified atom stereocenters. The third kappa shape index (κ3) is 4.56. The average molecular weight is 399 g/mol. The van der Waals surface area contributed by atoms with Gasteiger partial charge in [-0.3, -0.25) is 0 Å². The first-order chi connectivity index (χ1) is 12.8. The molecule has 0 bridgehead atoms. The Hall–Kier alpha value is -2.63. The minimum Gasteiger partial charge on any atom is -0.425 e. The van der Waals surface area contributed by atoms with E-state index in [1.165, 1.54) is 17.3 Å². The van der Waals surface area contributed by atoms with Crippen LogP contribution in [0.15, 0.2) is 95.0 Å². The molecule has 2 aromatic rings. The molecule has 4 nitrogen and oxygen atoms in total. The number of anilines is 1. The van der Waals surface area contributed by atoms with Crippen molar-refractivity contribution in [3.8, 4) is 5.88 Å². The van der Waals surface area contributed by atoms with E-state index >= 15 is 0 Å². The van der Waals surface area contributed by atoms with Gasteiger partial charge in [0.1, 0.15) is 5.76 Å². The fraction of sp³-hybridized carbons (Fsp3) is 0.0952. The quantitative estimate of drug-likeness (QED) is 0.732. The maximum atomic E-state index is 6.02. The standard InChI is InChI=1S/C21H18N2O2S.ClH/c22-16-10-11-20(23-12-16)25-21-14-26-13-19(24-21)18-9-5-4-8-17(18)15-6-2-1-3-7-15;/h1-7,9-14,17H,8,22H2;1H. The first-order valence-corrected chi connectivity index (χ1v) is 9.29. The van der Waals surface area contributed by atoms with E-state index in [-0.39, 0.29) is 18.3 Å². The zero-order valence-corrected chi connectivity index (χ0v) is 16.1. The van der Waals surface area contributed by atoms with Crippen molar-refractivity contribution in [2.75, 3.05) is 5.73 Å². The van der Waals surface area contributed by atoms with Gasteiger partial charge in [0.25, 0.3) is 5.95 Å². The fourth-order valence-corrected chi connectivity index (χ4v) is 3.50. The van der Waals surface area contributed by atoms with Gasteiger partial charge in [-0.1, -0.05) is 60.3 Å². The second-order valence-corrected chi connectivity index (χ2v) is 6.68. The third-order valence-corrected chi connectivity index (χ3v) is 4.84. The molecule has 2 aliphatic rings. The summed E-state index contributed by atoms with van der Waals surface area (Å²) < 4.78 is 11.8. The number of benzene rings is 1. The van der Waals surface area contributed by atoms with Gasteiger partial charge in [-0.2, -0.15) is 0 Å². The second-order valence-electron chi connectivity index (χ2n) is 5.94. The summed E-state index contributed by atoms with van der Waals surface area (Å²) in [7, 11) is 0. The molecular weight excluding hydrogens is 380 g/mol. The lowest BCUT2D eigenvalue weighted by Gasteiger charge is -2.25. The molecule has 2 heterocycles. The number of ether oxygens (including phenoxy) is 2. The highest BCUT2D eigenvalue weighted by atomic mass is 35.5. The van der Waals surface area contributed by atoms with E-state index in [1.54, 1.807) is 18.3 Å². The van der Waals surface area contributed by atoms with Crippen molar-refractivity contribution in [2.24, 2.45) is 0 Å². The summed E-state index contributed by atoms with van der Waals surface area (Å²) in [6, 6.07) is 13.9. The molecule has 1 aliphatic carbocycles. The number of aromatic nitrogens is 1. The Bertz CT molecular complexity index is 906. The molecule has 1 aromatic carbocycles. The average Bonchev–Trinajstić information content (AvgIpc) is 2.71. The molecule has 0 spiro atoms. The molecule has 138 valence electrons. The number of halogens is 1. The fourth-order valence-electron chi connectivity index (χ4n) is 2.92. The minimum absolute atomic E-state index is 0. The minimum atomic E-state index is 0. The number of nitrogens with zero attached hydrogens (tertiary/aromatic N) is 1. The molecule has 0 saturated heterocycles. The molecule has 2 N–H and O–H groups in total. The van der Waals surface area contributed by atoms with Crippen LogP contribution in [0.2, 0.25) is 0 Å². The maximum Gasteiger partial charge on any atom is 0.298 e. The number of nitrogens with two attached hydrogens (primary N) is 1. The maximum absolute atomic E-state index is 6.02. The Morgan fingerprint density at radius 3 is 2.74 bits per heavy atom. The number of nitrogen functional groups attached to an aromatic ring is 1. The Labute approximate surface area is 168 Å². The molecule has 0 fully saturated rings. The van der Waals surface area contributed by atoms with Gasteiger partial charge >= 0.3 is 0 Å². The zero-order valence-electron chi connectivity index (χ0n) is 14.4. The molecule has 4 rings (SSSR count). The molecule has 0 radical (unpaired) electrons. The van der Waals surface area contributed by atoms with Crippen LogP contribution in [-0.2, 0) is 4.74 Å². The predicted molar refractivity (Wildman–Crippen MR) is 112 cm³/mol. The summed E-state index contributed by atoms with van der Waals surface area (Å²) in [6.07, 6.45) is 8.87. The van der Waals surface area contributed by atoms with Crippen molar-refractivity contribution in [3.05, 3.63) is 101 Å². The van der Waals surface area contributed by atoms with Crippen molar-refractivity contribution in [2.45, 2.75) is 12.3 Å². The molecule has 1 aromatic heterocycles. The molecule has 0 saturated carbocycles. The number of pyridine rings is 1. The summed E-state index contributed by atoms with van der Waals surface area (Å²) in [6.45, 7) is 0. The van der Waals surface area contributed by atoms with Gasteiger partial charge < -0.3 is 15.2 Å². The van der Waals surface area contributed by atoms with Gasteiger partial charge in [-0.05, 0) is 18.1 Å². The smallest absolute Gasteiger partial charge is 0.298 e. The van der Waals surface area contributed by atoms with Crippen LogP contribution in [0.1, 0.15) is 17.9 Å². The number of hydrogen-bond donors (Lipinski definition) is 1. The summed E-state index contributed by atoms with van der Waals surface area (Å²) >= 11 is 1.53. The van der Waals surface area contributed by atoms with Crippen molar-refractivity contribution in [1.29, 1.82) is 0 Å². The molecule has 27 heavy (non-hydrogen) atoms. The molecular formula is C21H19ClN2O2S. The van der Waals surface area contributed by atoms with Crippen molar-refractivity contribution >= 4 is 29.9 Å². The van der Waals surface area contributed by atoms with E-state index in [0.717, 1.165) is 17.8 Å². The normalized spacial score (nSPS) is 18.4. The SMILES string of the molecule is Cl.Nc1ccc(OC2=CSC=C(C3=CC=CCC3c3ccccc3)O2)nc1. The van der Waals surface area contributed by atoms with Crippen molar-refractivity contribution in [1.82, 2.24) is 4.98 Å². The van der Waals surface area contributed by atoms with Gasteiger partial charge in [-0.25, -0.2) is 4.98 Å². The van der Waals surface area contributed by atoms with E-state index in [0.29, 0.717) is 17.5 Å². The van der Waals surface area contributed by atoms with Crippen LogP contribution in [0.3, 0.4) is 0 Å². The Kier molecular flexibility index (Phi) is 6.27. The molecule has 6 heteroatoms. The van der Waals surface area contributed by atoms with E-state index in [1.807, 2.05) is 16.9 Å². The van der Waals surface area contributed by atoms with Crippen LogP contribution < -0.4 is 10.5 Å². The number of thioether (sulfide) groups is 1. The molecule has 1 atom stereocenters. The highest BCUT2D eigenvalue weighted by molar-refractivity contribution is 8.05. The summed E-state index contributed by atoms with van der Waals surface area (Å²) in [5, 5.41) is 3.82. The first kappa shape index (κ1) is 19.1. The lowest BCUT2D eigenvalue weighted by Crippen LogP contribution is -2.12. The first-order valence-electron chi connectivity index (χ1n) is 8.34. The van der Waals surface area contributed by atoms with Crippen LogP contribution in [0.5, 0.6) is 5.88 Å². The summed E-state index contributed by atoms with van der Waals surface area (Å²) in [5.74, 6) is 1.93. The Balaban J connectivity index is 0.00000210. The van der Waals surface area contributed by atoms with Crippen LogP contribution in [0.4, 0.5) is 5.69 Å². The topological polar surface area (TPSA) is 57.4 Å². The van der Waals surface area contributed by atoms with E-state index < -0.39 is 0 Å². The number of rotatable bonds is 4. The predicted octanol–water partition coefficient (Wildman–Crippen LogP) is 5.54. The van der Waals surface area contributed by atoms with Gasteiger partial charge in [0.2, 0.25) is 5.88 Å². The third-order valence-electron chi connectivity index (χ3n) is 4.16. The van der Waals surface area contributed by atoms with Gasteiger partial charge in [0, 0.05) is 23.0 Å². The molecule has 1 aliphatic heterocycles. The Morgan fingerprint density at radius 2 is 1.96 bits per heavy atom. The van der Waals surface area contributed by atoms with Crippen LogP contribution in [0, 0.1) is 0 Å². The van der Waals surface area contributed by atoms with Crippen LogP contribution >= 0.6 is 24.2 Å². The second kappa shape index (κ2) is 8.84. The Morgan fingerprint density at radius 1 is 1.11 bits per heavy atom. The van der Waals surface area contributed by atoms with E-state index in [4.69, 9.17) is 15.2 Å².